The van der Waals surface area contributed by atoms with Crippen LogP contribution in [0.1, 0.15) is 38.9 Å². The van der Waals surface area contributed by atoms with Crippen molar-refractivity contribution in [3.8, 4) is 0 Å². The number of rotatable bonds is 5. The fraction of sp³-hybridized carbons (Fsp3) is 0.571. The Balaban J connectivity index is 2.58. The van der Waals surface area contributed by atoms with Crippen LogP contribution in [-0.2, 0) is 4.74 Å². The Kier molecular flexibility index (Phi) is 6.45. The van der Waals surface area contributed by atoms with Crippen LogP contribution in [0.25, 0.3) is 0 Å². The molecule has 0 aliphatic heterocycles. The van der Waals surface area contributed by atoms with E-state index in [1.807, 2.05) is 6.07 Å². The van der Waals surface area contributed by atoms with Crippen LogP contribution in [0.15, 0.2) is 28.7 Å². The Labute approximate surface area is 127 Å². The first-order chi connectivity index (χ1) is 7.94. The van der Waals surface area contributed by atoms with Crippen LogP contribution in [0.4, 0.5) is 0 Å². The second-order valence-electron chi connectivity index (χ2n) is 5.35. The van der Waals surface area contributed by atoms with Gasteiger partial charge in [-0.2, -0.15) is 0 Å². The summed E-state index contributed by atoms with van der Waals surface area (Å²) in [5, 5.41) is 0. The topological polar surface area (TPSA) is 9.23 Å². The molecular formula is C14H20BrIO. The van der Waals surface area contributed by atoms with Crippen LogP contribution >= 0.6 is 38.5 Å². The molecule has 1 atom stereocenters. The van der Waals surface area contributed by atoms with Gasteiger partial charge in [0.05, 0.1) is 6.10 Å². The summed E-state index contributed by atoms with van der Waals surface area (Å²) >= 11 is 5.97. The predicted molar refractivity (Wildman–Crippen MR) is 85.8 cm³/mol. The molecule has 0 amide bonds. The van der Waals surface area contributed by atoms with Crippen molar-refractivity contribution in [1.29, 1.82) is 0 Å². The van der Waals surface area contributed by atoms with E-state index in [9.17, 15) is 0 Å². The van der Waals surface area contributed by atoms with Crippen LogP contribution in [0.5, 0.6) is 0 Å². The second kappa shape index (κ2) is 7.10. The minimum atomic E-state index is 0.188. The molecule has 1 aromatic carbocycles. The smallest absolute Gasteiger partial charge is 0.0925 e. The maximum atomic E-state index is 6.00. The molecule has 0 heterocycles. The van der Waals surface area contributed by atoms with Crippen molar-refractivity contribution in [1.82, 2.24) is 0 Å². The van der Waals surface area contributed by atoms with Crippen molar-refractivity contribution in [2.75, 3.05) is 11.0 Å². The average Bonchev–Trinajstić information content (AvgIpc) is 2.24. The van der Waals surface area contributed by atoms with Gasteiger partial charge in [0.25, 0.3) is 0 Å². The average molecular weight is 411 g/mol. The van der Waals surface area contributed by atoms with Crippen molar-refractivity contribution in [3.63, 3.8) is 0 Å². The molecule has 0 aliphatic rings. The van der Waals surface area contributed by atoms with E-state index in [0.29, 0.717) is 5.41 Å². The van der Waals surface area contributed by atoms with Gasteiger partial charge in [-0.3, -0.25) is 0 Å². The Morgan fingerprint density at radius 2 is 1.94 bits per heavy atom. The zero-order chi connectivity index (χ0) is 12.9. The first kappa shape index (κ1) is 15.4. The molecule has 0 aromatic heterocycles. The van der Waals surface area contributed by atoms with E-state index < -0.39 is 0 Å². The Morgan fingerprint density at radius 3 is 2.47 bits per heavy atom. The molecule has 0 spiro atoms. The molecule has 1 nitrogen and oxygen atoms in total. The molecule has 1 rings (SSSR count). The highest BCUT2D eigenvalue weighted by Crippen LogP contribution is 2.28. The Morgan fingerprint density at radius 1 is 1.29 bits per heavy atom. The summed E-state index contributed by atoms with van der Waals surface area (Å²) in [6, 6.07) is 8.30. The molecule has 3 heteroatoms. The van der Waals surface area contributed by atoms with Crippen LogP contribution in [-0.4, -0.2) is 11.0 Å². The summed E-state index contributed by atoms with van der Waals surface area (Å²) in [5.74, 6) is 0. The van der Waals surface area contributed by atoms with E-state index in [-0.39, 0.29) is 6.10 Å². The van der Waals surface area contributed by atoms with Crippen molar-refractivity contribution in [2.45, 2.75) is 33.3 Å². The Hall–Kier alpha value is 0.390. The maximum absolute atomic E-state index is 6.00. The van der Waals surface area contributed by atoms with Crippen LogP contribution in [0.2, 0.25) is 0 Å². The fourth-order valence-electron chi connectivity index (χ4n) is 1.46. The molecule has 1 unspecified atom stereocenters. The van der Waals surface area contributed by atoms with E-state index in [1.54, 1.807) is 0 Å². The zero-order valence-corrected chi connectivity index (χ0v) is 14.4. The number of hydrogen-bond acceptors (Lipinski definition) is 1. The number of ether oxygens (including phenoxy) is 1. The molecule has 0 aliphatic carbocycles. The SMILES string of the molecule is CC(C)(C)CCOC(CI)c1ccccc1Br. The van der Waals surface area contributed by atoms with Gasteiger partial charge < -0.3 is 4.74 Å². The van der Waals surface area contributed by atoms with Crippen LogP contribution in [0.3, 0.4) is 0 Å². The quantitative estimate of drug-likeness (QED) is 0.467. The third-order valence-corrected chi connectivity index (χ3v) is 4.09. The van der Waals surface area contributed by atoms with E-state index >= 15 is 0 Å². The molecule has 0 N–H and O–H groups in total. The monoisotopic (exact) mass is 410 g/mol. The lowest BCUT2D eigenvalue weighted by Crippen LogP contribution is -2.13. The number of alkyl halides is 1. The molecule has 0 saturated heterocycles. The van der Waals surface area contributed by atoms with Crippen LogP contribution in [0, 0.1) is 5.41 Å². The largest absolute Gasteiger partial charge is 0.373 e. The minimum absolute atomic E-state index is 0.188. The summed E-state index contributed by atoms with van der Waals surface area (Å²) in [4.78, 5) is 0. The highest BCUT2D eigenvalue weighted by atomic mass is 127. The summed E-state index contributed by atoms with van der Waals surface area (Å²) in [6.07, 6.45) is 1.28. The van der Waals surface area contributed by atoms with Gasteiger partial charge >= 0.3 is 0 Å². The minimum Gasteiger partial charge on any atom is -0.373 e. The first-order valence-corrected chi connectivity index (χ1v) is 8.18. The van der Waals surface area contributed by atoms with E-state index in [1.165, 1.54) is 5.56 Å². The molecule has 17 heavy (non-hydrogen) atoms. The summed E-state index contributed by atoms with van der Waals surface area (Å²) in [6.45, 7) is 7.55. The molecule has 0 bridgehead atoms. The number of hydrogen-bond donors (Lipinski definition) is 0. The molecule has 0 radical (unpaired) electrons. The summed E-state index contributed by atoms with van der Waals surface area (Å²) in [5.41, 5.74) is 1.58. The zero-order valence-electron chi connectivity index (χ0n) is 10.7. The van der Waals surface area contributed by atoms with Gasteiger partial charge in [0.1, 0.15) is 0 Å². The third kappa shape index (κ3) is 5.71. The number of benzene rings is 1. The lowest BCUT2D eigenvalue weighted by atomic mass is 9.93. The maximum Gasteiger partial charge on any atom is 0.0925 e. The second-order valence-corrected chi connectivity index (χ2v) is 7.08. The van der Waals surface area contributed by atoms with Crippen molar-refractivity contribution < 1.29 is 4.74 Å². The molecule has 0 saturated carbocycles. The van der Waals surface area contributed by atoms with E-state index in [0.717, 1.165) is 21.9 Å². The van der Waals surface area contributed by atoms with Crippen LogP contribution < -0.4 is 0 Å². The summed E-state index contributed by atoms with van der Waals surface area (Å²) < 4.78 is 8.11. The van der Waals surface area contributed by atoms with Gasteiger partial charge in [-0.1, -0.05) is 77.5 Å². The van der Waals surface area contributed by atoms with Gasteiger partial charge in [0, 0.05) is 15.5 Å². The third-order valence-electron chi connectivity index (χ3n) is 2.56. The molecular weight excluding hydrogens is 391 g/mol. The van der Waals surface area contributed by atoms with Gasteiger partial charge in [0.2, 0.25) is 0 Å². The lowest BCUT2D eigenvalue weighted by molar-refractivity contribution is 0.0527. The van der Waals surface area contributed by atoms with Gasteiger partial charge in [0.15, 0.2) is 0 Å². The standard InChI is InChI=1S/C14H20BrIO/c1-14(2,3)8-9-17-13(10-16)11-6-4-5-7-12(11)15/h4-7,13H,8-10H2,1-3H3. The lowest BCUT2D eigenvalue weighted by Gasteiger charge is -2.22. The predicted octanol–water partition coefficient (Wildman–Crippen LogP) is 5.38. The van der Waals surface area contributed by atoms with Gasteiger partial charge in [-0.15, -0.1) is 0 Å². The van der Waals surface area contributed by atoms with Gasteiger partial charge in [-0.25, -0.2) is 0 Å². The first-order valence-electron chi connectivity index (χ1n) is 5.86. The van der Waals surface area contributed by atoms with Crippen molar-refractivity contribution >= 4 is 38.5 Å². The highest BCUT2D eigenvalue weighted by molar-refractivity contribution is 14.1. The van der Waals surface area contributed by atoms with E-state index in [2.05, 4.69) is 77.5 Å². The molecule has 1 aromatic rings. The van der Waals surface area contributed by atoms with Crippen molar-refractivity contribution in [2.24, 2.45) is 5.41 Å². The molecule has 96 valence electrons. The van der Waals surface area contributed by atoms with Gasteiger partial charge in [-0.05, 0) is 23.5 Å². The summed E-state index contributed by atoms with van der Waals surface area (Å²) in [7, 11) is 0. The molecule has 0 fully saturated rings. The van der Waals surface area contributed by atoms with Crippen molar-refractivity contribution in [3.05, 3.63) is 34.3 Å². The number of halogens is 2. The van der Waals surface area contributed by atoms with E-state index in [4.69, 9.17) is 4.74 Å². The normalized spacial score (nSPS) is 13.7. The fourth-order valence-corrected chi connectivity index (χ4v) is 2.73. The highest BCUT2D eigenvalue weighted by Gasteiger charge is 2.15. The Bertz CT molecular complexity index is 346.